The number of aromatic nitrogens is 4. The minimum atomic E-state index is -0.438. The van der Waals surface area contributed by atoms with Crippen LogP contribution in [-0.2, 0) is 4.79 Å². The number of amides is 1. The predicted molar refractivity (Wildman–Crippen MR) is 57.8 cm³/mol. The molecule has 1 aromatic rings. The summed E-state index contributed by atoms with van der Waals surface area (Å²) in [4.78, 5) is 11.8. The van der Waals surface area contributed by atoms with Crippen LogP contribution < -0.4 is 5.32 Å². The van der Waals surface area contributed by atoms with Crippen molar-refractivity contribution in [2.24, 2.45) is 0 Å². The Morgan fingerprint density at radius 3 is 2.60 bits per heavy atom. The SMILES string of the molecule is CC(C(=O)NC(C)(C)C)n1[nH]nnc1=S. The summed E-state index contributed by atoms with van der Waals surface area (Å²) >= 11 is 4.90. The Hall–Kier alpha value is -1.24. The summed E-state index contributed by atoms with van der Waals surface area (Å²) in [6.07, 6.45) is 0. The Bertz CT molecular complexity index is 402. The van der Waals surface area contributed by atoms with Gasteiger partial charge in [-0.05, 0) is 39.9 Å². The molecule has 0 fully saturated rings. The van der Waals surface area contributed by atoms with Gasteiger partial charge in [-0.25, -0.2) is 4.68 Å². The normalized spacial score (nSPS) is 13.6. The summed E-state index contributed by atoms with van der Waals surface area (Å²) < 4.78 is 1.71. The van der Waals surface area contributed by atoms with E-state index in [0.29, 0.717) is 0 Å². The highest BCUT2D eigenvalue weighted by Gasteiger charge is 2.21. The van der Waals surface area contributed by atoms with E-state index in [1.807, 2.05) is 20.8 Å². The van der Waals surface area contributed by atoms with Gasteiger partial charge in [-0.3, -0.25) is 4.79 Å². The molecule has 1 atom stereocenters. The van der Waals surface area contributed by atoms with Gasteiger partial charge >= 0.3 is 0 Å². The standard InChI is InChI=1S/C8H15N5OS/c1-5(6(14)9-8(2,3)4)13-7(15)10-11-12-13/h5H,1-4H3,(H,9,14)(H,10,12,15). The molecular formula is C8H15N5OS. The van der Waals surface area contributed by atoms with Crippen molar-refractivity contribution in [3.63, 3.8) is 0 Å². The number of carbonyl (C=O) groups excluding carboxylic acids is 1. The molecule has 1 rings (SSSR count). The first-order chi connectivity index (χ1) is 6.81. The zero-order valence-electron chi connectivity index (χ0n) is 9.24. The number of aromatic amines is 1. The van der Waals surface area contributed by atoms with Crippen molar-refractivity contribution in [3.05, 3.63) is 4.77 Å². The molecule has 15 heavy (non-hydrogen) atoms. The van der Waals surface area contributed by atoms with Crippen LogP contribution in [0.5, 0.6) is 0 Å². The van der Waals surface area contributed by atoms with E-state index in [1.165, 1.54) is 4.68 Å². The number of H-pyrrole nitrogens is 1. The van der Waals surface area contributed by atoms with Gasteiger partial charge in [0.05, 0.1) is 0 Å². The van der Waals surface area contributed by atoms with Gasteiger partial charge in [-0.1, -0.05) is 10.3 Å². The molecule has 0 radical (unpaired) electrons. The lowest BCUT2D eigenvalue weighted by molar-refractivity contribution is -0.125. The molecule has 0 saturated carbocycles. The van der Waals surface area contributed by atoms with E-state index in [9.17, 15) is 4.79 Å². The number of rotatable bonds is 2. The van der Waals surface area contributed by atoms with E-state index in [1.54, 1.807) is 6.92 Å². The van der Waals surface area contributed by atoms with Crippen LogP contribution >= 0.6 is 12.2 Å². The maximum absolute atomic E-state index is 11.8. The number of hydrogen-bond donors (Lipinski definition) is 2. The van der Waals surface area contributed by atoms with Crippen molar-refractivity contribution in [2.75, 3.05) is 0 Å². The van der Waals surface area contributed by atoms with Crippen LogP contribution in [0.15, 0.2) is 0 Å². The highest BCUT2D eigenvalue weighted by molar-refractivity contribution is 7.71. The third-order valence-electron chi connectivity index (χ3n) is 1.76. The molecule has 0 aromatic carbocycles. The quantitative estimate of drug-likeness (QED) is 0.736. The Balaban J connectivity index is 2.78. The smallest absolute Gasteiger partial charge is 0.245 e. The average Bonchev–Trinajstić information content (AvgIpc) is 2.47. The van der Waals surface area contributed by atoms with Crippen molar-refractivity contribution in [3.8, 4) is 0 Å². The maximum Gasteiger partial charge on any atom is 0.245 e. The highest BCUT2D eigenvalue weighted by Crippen LogP contribution is 2.06. The zero-order valence-corrected chi connectivity index (χ0v) is 10.1. The molecule has 0 aliphatic carbocycles. The second kappa shape index (κ2) is 4.09. The van der Waals surface area contributed by atoms with Gasteiger partial charge in [0.25, 0.3) is 0 Å². The number of nitrogens with one attached hydrogen (secondary N) is 2. The molecule has 6 nitrogen and oxygen atoms in total. The first-order valence-corrected chi connectivity index (χ1v) is 5.04. The molecule has 1 aromatic heterocycles. The topological polar surface area (TPSA) is 75.6 Å². The largest absolute Gasteiger partial charge is 0.350 e. The summed E-state index contributed by atoms with van der Waals surface area (Å²) in [5.41, 5.74) is -0.263. The number of hydrogen-bond acceptors (Lipinski definition) is 4. The molecule has 1 unspecified atom stereocenters. The number of nitrogens with zero attached hydrogens (tertiary/aromatic N) is 3. The van der Waals surface area contributed by atoms with Crippen molar-refractivity contribution in [1.82, 2.24) is 25.5 Å². The number of carbonyl (C=O) groups is 1. The van der Waals surface area contributed by atoms with Crippen LogP contribution in [0, 0.1) is 4.77 Å². The Labute approximate surface area is 93.0 Å². The van der Waals surface area contributed by atoms with E-state index < -0.39 is 6.04 Å². The third kappa shape index (κ3) is 3.12. The molecule has 1 amide bonds. The van der Waals surface area contributed by atoms with Crippen molar-refractivity contribution < 1.29 is 4.79 Å². The monoisotopic (exact) mass is 229 g/mol. The highest BCUT2D eigenvalue weighted by atomic mass is 32.1. The minimum Gasteiger partial charge on any atom is -0.350 e. The van der Waals surface area contributed by atoms with Gasteiger partial charge in [-0.2, -0.15) is 5.21 Å². The summed E-state index contributed by atoms with van der Waals surface area (Å²) in [7, 11) is 0. The summed E-state index contributed by atoms with van der Waals surface area (Å²) in [6, 6.07) is -0.438. The lowest BCUT2D eigenvalue weighted by Gasteiger charge is -2.23. The molecule has 0 aliphatic heterocycles. The molecule has 2 N–H and O–H groups in total. The Kier molecular flexibility index (Phi) is 3.23. The van der Waals surface area contributed by atoms with Crippen LogP contribution in [0.3, 0.4) is 0 Å². The second-order valence-corrected chi connectivity index (χ2v) is 4.73. The third-order valence-corrected chi connectivity index (χ3v) is 2.04. The maximum atomic E-state index is 11.8. The van der Waals surface area contributed by atoms with E-state index >= 15 is 0 Å². The van der Waals surface area contributed by atoms with Crippen LogP contribution in [0.4, 0.5) is 0 Å². The first-order valence-electron chi connectivity index (χ1n) is 4.63. The van der Waals surface area contributed by atoms with E-state index in [-0.39, 0.29) is 16.2 Å². The van der Waals surface area contributed by atoms with Gasteiger partial charge in [-0.15, -0.1) is 0 Å². The van der Waals surface area contributed by atoms with Gasteiger partial charge in [0, 0.05) is 5.54 Å². The molecule has 84 valence electrons. The van der Waals surface area contributed by atoms with Gasteiger partial charge in [0.2, 0.25) is 10.7 Å². The fourth-order valence-electron chi connectivity index (χ4n) is 1.05. The fourth-order valence-corrected chi connectivity index (χ4v) is 1.29. The number of tetrazole rings is 1. The zero-order chi connectivity index (χ0) is 11.6. The van der Waals surface area contributed by atoms with Crippen LogP contribution in [0.1, 0.15) is 33.7 Å². The van der Waals surface area contributed by atoms with Gasteiger partial charge < -0.3 is 5.32 Å². The predicted octanol–water partition coefficient (Wildman–Crippen LogP) is 0.811. The first kappa shape index (κ1) is 11.8. The van der Waals surface area contributed by atoms with Crippen molar-refractivity contribution >= 4 is 18.1 Å². The molecule has 0 aliphatic rings. The van der Waals surface area contributed by atoms with Crippen molar-refractivity contribution in [1.29, 1.82) is 0 Å². The van der Waals surface area contributed by atoms with E-state index in [4.69, 9.17) is 12.2 Å². The molecular weight excluding hydrogens is 214 g/mol. The fraction of sp³-hybridized carbons (Fsp3) is 0.750. The van der Waals surface area contributed by atoms with Crippen molar-refractivity contribution in [2.45, 2.75) is 39.3 Å². The molecule has 1 heterocycles. The molecule has 0 spiro atoms. The Morgan fingerprint density at radius 1 is 1.60 bits per heavy atom. The second-order valence-electron chi connectivity index (χ2n) is 4.37. The molecule has 7 heteroatoms. The van der Waals surface area contributed by atoms with Crippen LogP contribution in [0.25, 0.3) is 0 Å². The average molecular weight is 229 g/mol. The van der Waals surface area contributed by atoms with Gasteiger partial charge in [0.15, 0.2) is 0 Å². The van der Waals surface area contributed by atoms with Crippen LogP contribution in [0.2, 0.25) is 0 Å². The summed E-state index contributed by atoms with van der Waals surface area (Å²) in [5, 5.41) is 12.5. The molecule has 0 saturated heterocycles. The Morgan fingerprint density at radius 2 is 2.20 bits per heavy atom. The van der Waals surface area contributed by atoms with Crippen LogP contribution in [-0.4, -0.2) is 31.7 Å². The van der Waals surface area contributed by atoms with E-state index in [2.05, 4.69) is 20.8 Å². The lowest BCUT2D eigenvalue weighted by Crippen LogP contribution is -2.44. The summed E-state index contributed by atoms with van der Waals surface area (Å²) in [5.74, 6) is -0.121. The minimum absolute atomic E-state index is 0.121. The van der Waals surface area contributed by atoms with E-state index in [0.717, 1.165) is 0 Å². The lowest BCUT2D eigenvalue weighted by atomic mass is 10.1. The van der Waals surface area contributed by atoms with Gasteiger partial charge in [0.1, 0.15) is 6.04 Å². The summed E-state index contributed by atoms with van der Waals surface area (Å²) in [6.45, 7) is 7.49. The molecule has 0 bridgehead atoms.